The highest BCUT2D eigenvalue weighted by Crippen LogP contribution is 2.30. The summed E-state index contributed by atoms with van der Waals surface area (Å²) in [5.41, 5.74) is 4.63. The predicted octanol–water partition coefficient (Wildman–Crippen LogP) is 3.80. The Kier molecular flexibility index (Phi) is 3.86. The summed E-state index contributed by atoms with van der Waals surface area (Å²) in [6, 6.07) is 9.80. The topological polar surface area (TPSA) is 51.3 Å². The average Bonchev–Trinajstić information content (AvgIpc) is 3.18. The van der Waals surface area contributed by atoms with Gasteiger partial charge in [0.05, 0.1) is 11.5 Å². The van der Waals surface area contributed by atoms with Crippen molar-refractivity contribution in [3.63, 3.8) is 0 Å². The minimum absolute atomic E-state index is 0.113. The second-order valence-corrected chi connectivity index (χ2v) is 6.95. The maximum Gasteiger partial charge on any atom is 0.255 e. The van der Waals surface area contributed by atoms with Crippen LogP contribution in [0.3, 0.4) is 0 Å². The molecular formula is C20H23N3O2. The molecule has 0 aliphatic carbocycles. The third kappa shape index (κ3) is 2.73. The number of amides is 1. The molecule has 1 aliphatic heterocycles. The van der Waals surface area contributed by atoms with Crippen LogP contribution in [0.1, 0.15) is 46.4 Å². The summed E-state index contributed by atoms with van der Waals surface area (Å²) in [5, 5.41) is 0. The number of aromatic nitrogens is 2. The van der Waals surface area contributed by atoms with E-state index in [0.717, 1.165) is 53.3 Å². The number of nitrogens with zero attached hydrogens (tertiary/aromatic N) is 3. The van der Waals surface area contributed by atoms with Gasteiger partial charge in [0.1, 0.15) is 5.52 Å². The van der Waals surface area contributed by atoms with Crippen LogP contribution in [-0.4, -0.2) is 33.4 Å². The van der Waals surface area contributed by atoms with E-state index in [1.165, 1.54) is 0 Å². The molecule has 5 heteroatoms. The highest BCUT2D eigenvalue weighted by Gasteiger charge is 2.29. The number of benzene rings is 1. The molecule has 5 nitrogen and oxygen atoms in total. The Balaban J connectivity index is 1.58. The first-order chi connectivity index (χ1) is 12.0. The molecule has 0 N–H and O–H groups in total. The fourth-order valence-electron chi connectivity index (χ4n) is 3.67. The number of rotatable bonds is 2. The van der Waals surface area contributed by atoms with Crippen LogP contribution in [0.5, 0.6) is 0 Å². The highest BCUT2D eigenvalue weighted by atomic mass is 16.3. The summed E-state index contributed by atoms with van der Waals surface area (Å²) < 4.78 is 8.00. The Labute approximate surface area is 147 Å². The number of carbonyl (C=O) groups is 1. The lowest BCUT2D eigenvalue weighted by atomic mass is 9.97. The van der Waals surface area contributed by atoms with Crippen LogP contribution in [0.15, 0.2) is 34.7 Å². The van der Waals surface area contributed by atoms with E-state index in [0.29, 0.717) is 6.54 Å². The molecule has 1 fully saturated rings. The molecule has 1 amide bonds. The predicted molar refractivity (Wildman–Crippen MR) is 96.8 cm³/mol. The van der Waals surface area contributed by atoms with Gasteiger partial charge < -0.3 is 13.9 Å². The minimum Gasteiger partial charge on any atom is -0.440 e. The largest absolute Gasteiger partial charge is 0.440 e. The number of hydrogen-bond donors (Lipinski definition) is 0. The van der Waals surface area contributed by atoms with Crippen molar-refractivity contribution in [3.8, 4) is 0 Å². The zero-order valence-corrected chi connectivity index (χ0v) is 15.0. The maximum atomic E-state index is 13.0. The molecular weight excluding hydrogens is 314 g/mol. The number of likely N-dealkylation sites (tertiary alicyclic amines) is 1. The quantitative estimate of drug-likeness (QED) is 0.714. The normalized spacial score (nSPS) is 18.0. The van der Waals surface area contributed by atoms with Gasteiger partial charge in [0.15, 0.2) is 11.5 Å². The molecule has 0 saturated carbocycles. The van der Waals surface area contributed by atoms with Gasteiger partial charge in [-0.05, 0) is 44.9 Å². The summed E-state index contributed by atoms with van der Waals surface area (Å²) in [5.74, 6) is 1.02. The van der Waals surface area contributed by atoms with E-state index < -0.39 is 0 Å². The lowest BCUT2D eigenvalue weighted by molar-refractivity contribution is 0.0698. The lowest BCUT2D eigenvalue weighted by Crippen LogP contribution is -2.39. The van der Waals surface area contributed by atoms with Crippen LogP contribution in [0.4, 0.5) is 0 Å². The second kappa shape index (κ2) is 6.06. The first-order valence-electron chi connectivity index (χ1n) is 8.82. The van der Waals surface area contributed by atoms with E-state index in [1.807, 2.05) is 56.1 Å². The van der Waals surface area contributed by atoms with Gasteiger partial charge in [0.25, 0.3) is 5.91 Å². The van der Waals surface area contributed by atoms with Crippen LogP contribution in [0.25, 0.3) is 11.1 Å². The van der Waals surface area contributed by atoms with Crippen molar-refractivity contribution >= 4 is 17.0 Å². The van der Waals surface area contributed by atoms with Gasteiger partial charge in [-0.25, -0.2) is 4.98 Å². The Morgan fingerprint density at radius 1 is 1.28 bits per heavy atom. The molecule has 4 rings (SSSR count). The number of hydrogen-bond acceptors (Lipinski definition) is 3. The van der Waals surface area contributed by atoms with Crippen molar-refractivity contribution in [2.75, 3.05) is 13.1 Å². The van der Waals surface area contributed by atoms with E-state index in [1.54, 1.807) is 0 Å². The van der Waals surface area contributed by atoms with Crippen molar-refractivity contribution in [2.45, 2.75) is 32.6 Å². The van der Waals surface area contributed by atoms with Crippen molar-refractivity contribution in [2.24, 2.45) is 7.05 Å². The zero-order valence-electron chi connectivity index (χ0n) is 15.0. The number of aryl methyl sites for hydroxylation is 1. The van der Waals surface area contributed by atoms with Crippen LogP contribution < -0.4 is 0 Å². The monoisotopic (exact) mass is 337 g/mol. The Hall–Kier alpha value is -2.56. The number of piperidine rings is 1. The molecule has 1 atom stereocenters. The minimum atomic E-state index is 0.113. The standard InChI is InChI=1S/C20H23N3O2/c1-13-11-16(14(2)22(13)3)20(24)23-10-6-7-15(12-23)19-21-17-8-4-5-9-18(17)25-19/h4-5,8-9,11,15H,6-7,10,12H2,1-3H3/t15-/m0/s1. The van der Waals surface area contributed by atoms with Crippen molar-refractivity contribution < 1.29 is 9.21 Å². The van der Waals surface area contributed by atoms with E-state index >= 15 is 0 Å². The lowest BCUT2D eigenvalue weighted by Gasteiger charge is -2.31. The van der Waals surface area contributed by atoms with Crippen LogP contribution in [0.2, 0.25) is 0 Å². The molecule has 3 aromatic rings. The van der Waals surface area contributed by atoms with E-state index in [9.17, 15) is 4.79 Å². The Bertz CT molecular complexity index is 905. The van der Waals surface area contributed by atoms with Gasteiger partial charge in [0, 0.05) is 31.5 Å². The van der Waals surface area contributed by atoms with Gasteiger partial charge in [-0.3, -0.25) is 4.79 Å². The van der Waals surface area contributed by atoms with E-state index in [2.05, 4.69) is 9.55 Å². The highest BCUT2D eigenvalue weighted by molar-refractivity contribution is 5.95. The summed E-state index contributed by atoms with van der Waals surface area (Å²) in [6.45, 7) is 5.49. The first kappa shape index (κ1) is 15.9. The van der Waals surface area contributed by atoms with Crippen molar-refractivity contribution in [3.05, 3.63) is 53.2 Å². The summed E-state index contributed by atoms with van der Waals surface area (Å²) in [7, 11) is 2.00. The number of carbonyl (C=O) groups excluding carboxylic acids is 1. The molecule has 25 heavy (non-hydrogen) atoms. The van der Waals surface area contributed by atoms with Gasteiger partial charge in [-0.1, -0.05) is 12.1 Å². The van der Waals surface area contributed by atoms with Gasteiger partial charge in [-0.2, -0.15) is 0 Å². The molecule has 1 aromatic carbocycles. The molecule has 0 spiro atoms. The van der Waals surface area contributed by atoms with Gasteiger partial charge in [-0.15, -0.1) is 0 Å². The fraction of sp³-hybridized carbons (Fsp3) is 0.400. The van der Waals surface area contributed by atoms with Crippen molar-refractivity contribution in [1.82, 2.24) is 14.5 Å². The molecule has 0 radical (unpaired) electrons. The van der Waals surface area contributed by atoms with Crippen LogP contribution >= 0.6 is 0 Å². The fourth-order valence-corrected chi connectivity index (χ4v) is 3.67. The molecule has 2 aromatic heterocycles. The summed E-state index contributed by atoms with van der Waals surface area (Å²) >= 11 is 0. The maximum absolute atomic E-state index is 13.0. The third-order valence-corrected chi connectivity index (χ3v) is 5.37. The van der Waals surface area contributed by atoms with Crippen LogP contribution in [-0.2, 0) is 7.05 Å². The molecule has 130 valence electrons. The Morgan fingerprint density at radius 2 is 2.08 bits per heavy atom. The summed E-state index contributed by atoms with van der Waals surface area (Å²) in [6.07, 6.45) is 1.98. The Morgan fingerprint density at radius 3 is 2.80 bits per heavy atom. The second-order valence-electron chi connectivity index (χ2n) is 6.95. The number of para-hydroxylation sites is 2. The van der Waals surface area contributed by atoms with Crippen LogP contribution in [0, 0.1) is 13.8 Å². The molecule has 3 heterocycles. The SMILES string of the molecule is Cc1cc(C(=O)N2CCC[C@H](c3nc4ccccc4o3)C2)c(C)n1C. The van der Waals surface area contributed by atoms with Crippen molar-refractivity contribution in [1.29, 1.82) is 0 Å². The smallest absolute Gasteiger partial charge is 0.255 e. The molecule has 0 unspecified atom stereocenters. The molecule has 1 saturated heterocycles. The average molecular weight is 337 g/mol. The first-order valence-corrected chi connectivity index (χ1v) is 8.82. The molecule has 0 bridgehead atoms. The number of oxazole rings is 1. The number of fused-ring (bicyclic) bond motifs is 1. The summed E-state index contributed by atoms with van der Waals surface area (Å²) in [4.78, 5) is 19.6. The third-order valence-electron chi connectivity index (χ3n) is 5.37. The zero-order chi connectivity index (χ0) is 17.6. The van der Waals surface area contributed by atoms with Gasteiger partial charge >= 0.3 is 0 Å². The molecule has 1 aliphatic rings. The van der Waals surface area contributed by atoms with Gasteiger partial charge in [0.2, 0.25) is 0 Å². The van der Waals surface area contributed by atoms with E-state index in [4.69, 9.17) is 4.42 Å². The van der Waals surface area contributed by atoms with E-state index in [-0.39, 0.29) is 11.8 Å².